The molecule has 0 unspecified atom stereocenters. The van der Waals surface area contributed by atoms with Gasteiger partial charge in [0, 0.05) is 11.4 Å². The van der Waals surface area contributed by atoms with Crippen LogP contribution in [0.2, 0.25) is 5.02 Å². The van der Waals surface area contributed by atoms with Gasteiger partial charge in [-0.1, -0.05) is 65.8 Å². The Hall–Kier alpha value is -2.24. The van der Waals surface area contributed by atoms with E-state index < -0.39 is 0 Å². The average molecular weight is 399 g/mol. The van der Waals surface area contributed by atoms with E-state index in [1.165, 1.54) is 17.3 Å². The van der Waals surface area contributed by atoms with E-state index >= 15 is 0 Å². The van der Waals surface area contributed by atoms with Crippen LogP contribution in [0.5, 0.6) is 0 Å². The Morgan fingerprint density at radius 1 is 1.19 bits per heavy atom. The highest BCUT2D eigenvalue weighted by atomic mass is 35.5. The van der Waals surface area contributed by atoms with Crippen molar-refractivity contribution in [2.45, 2.75) is 36.4 Å². The number of thioether (sulfide) groups is 1. The van der Waals surface area contributed by atoms with Gasteiger partial charge in [-0.25, -0.2) is 4.98 Å². The number of imidazole rings is 1. The number of ether oxygens (including phenoxy) is 1. The summed E-state index contributed by atoms with van der Waals surface area (Å²) in [5.74, 6) is -0.158. The summed E-state index contributed by atoms with van der Waals surface area (Å²) >= 11 is 7.52. The molecule has 2 atom stereocenters. The fraction of sp³-hybridized carbons (Fsp3) is 0.238. The lowest BCUT2D eigenvalue weighted by atomic mass is 10.1. The van der Waals surface area contributed by atoms with Gasteiger partial charge < -0.3 is 9.30 Å². The van der Waals surface area contributed by atoms with E-state index in [9.17, 15) is 4.79 Å². The molecule has 0 amide bonds. The van der Waals surface area contributed by atoms with E-state index in [4.69, 9.17) is 16.3 Å². The van der Waals surface area contributed by atoms with Gasteiger partial charge in [0.05, 0.1) is 18.4 Å². The van der Waals surface area contributed by atoms with Crippen LogP contribution in [0.3, 0.4) is 0 Å². The van der Waals surface area contributed by atoms with E-state index in [0.717, 1.165) is 16.4 Å². The summed E-state index contributed by atoms with van der Waals surface area (Å²) in [5, 5.41) is 1.31. The quantitative estimate of drug-likeness (QED) is 0.564. The number of nitrogens with zero attached hydrogens (tertiary/aromatic N) is 2. The average Bonchev–Trinajstić information content (AvgIpc) is 3.20. The number of cyclic esters (lactones) is 1. The van der Waals surface area contributed by atoms with Crippen LogP contribution in [0.25, 0.3) is 11.3 Å². The molecule has 1 fully saturated rings. The molecular formula is C21H19ClN2O2S. The van der Waals surface area contributed by atoms with Gasteiger partial charge in [0.25, 0.3) is 0 Å². The van der Waals surface area contributed by atoms with Crippen molar-refractivity contribution in [1.29, 1.82) is 0 Å². The fourth-order valence-corrected chi connectivity index (χ4v) is 4.47. The van der Waals surface area contributed by atoms with Crippen molar-refractivity contribution < 1.29 is 9.53 Å². The highest BCUT2D eigenvalue weighted by Gasteiger charge is 2.34. The Labute approximate surface area is 167 Å². The van der Waals surface area contributed by atoms with Crippen LogP contribution < -0.4 is 0 Å². The molecule has 3 aromatic rings. The smallest absolute Gasteiger partial charge is 0.319 e. The SMILES string of the molecule is C[C@@H]1C[C@@H](Sc2ncc(-c3ccc(Cl)cc3)n2Cc2ccccc2)C(=O)O1. The molecule has 2 heterocycles. The number of halogens is 1. The lowest BCUT2D eigenvalue weighted by Gasteiger charge is -2.13. The predicted octanol–water partition coefficient (Wildman–Crippen LogP) is 5.05. The van der Waals surface area contributed by atoms with E-state index in [1.54, 1.807) is 0 Å². The van der Waals surface area contributed by atoms with Crippen molar-refractivity contribution in [1.82, 2.24) is 9.55 Å². The summed E-state index contributed by atoms with van der Waals surface area (Å²) in [6.07, 6.45) is 2.53. The number of hydrogen-bond donors (Lipinski definition) is 0. The Morgan fingerprint density at radius 3 is 2.59 bits per heavy atom. The van der Waals surface area contributed by atoms with E-state index in [2.05, 4.69) is 21.7 Å². The zero-order valence-corrected chi connectivity index (χ0v) is 16.4. The zero-order valence-electron chi connectivity index (χ0n) is 14.8. The molecule has 1 aliphatic heterocycles. The maximum atomic E-state index is 12.1. The number of benzene rings is 2. The van der Waals surface area contributed by atoms with Crippen molar-refractivity contribution in [3.63, 3.8) is 0 Å². The summed E-state index contributed by atoms with van der Waals surface area (Å²) in [6.45, 7) is 2.60. The number of carbonyl (C=O) groups excluding carboxylic acids is 1. The van der Waals surface area contributed by atoms with Gasteiger partial charge in [-0.05, 0) is 30.2 Å². The topological polar surface area (TPSA) is 44.1 Å². The van der Waals surface area contributed by atoms with Crippen molar-refractivity contribution >= 4 is 29.3 Å². The molecule has 138 valence electrons. The molecule has 0 radical (unpaired) electrons. The second-order valence-electron chi connectivity index (χ2n) is 6.59. The van der Waals surface area contributed by atoms with E-state index in [-0.39, 0.29) is 17.3 Å². The first-order chi connectivity index (χ1) is 13.1. The Morgan fingerprint density at radius 2 is 1.93 bits per heavy atom. The molecule has 1 saturated heterocycles. The number of esters is 1. The van der Waals surface area contributed by atoms with Crippen LogP contribution in [-0.4, -0.2) is 26.9 Å². The van der Waals surface area contributed by atoms with Crippen molar-refractivity contribution in [3.05, 3.63) is 71.4 Å². The van der Waals surface area contributed by atoms with Crippen LogP contribution in [0.15, 0.2) is 66.0 Å². The summed E-state index contributed by atoms with van der Waals surface area (Å²) in [6, 6.07) is 18.0. The fourth-order valence-electron chi connectivity index (χ4n) is 3.17. The molecule has 0 bridgehead atoms. The molecule has 4 nitrogen and oxygen atoms in total. The third-order valence-electron chi connectivity index (χ3n) is 4.52. The molecule has 2 aromatic carbocycles. The highest BCUT2D eigenvalue weighted by molar-refractivity contribution is 8.00. The maximum absolute atomic E-state index is 12.1. The first kappa shape index (κ1) is 18.1. The lowest BCUT2D eigenvalue weighted by molar-refractivity contribution is -0.140. The Balaban J connectivity index is 1.70. The van der Waals surface area contributed by atoms with E-state index in [1.807, 2.05) is 55.6 Å². The van der Waals surface area contributed by atoms with Crippen LogP contribution in [-0.2, 0) is 16.1 Å². The van der Waals surface area contributed by atoms with Gasteiger partial charge in [0.1, 0.15) is 11.4 Å². The van der Waals surface area contributed by atoms with Gasteiger partial charge in [-0.3, -0.25) is 4.79 Å². The Bertz CT molecular complexity index is 941. The zero-order chi connectivity index (χ0) is 18.8. The molecule has 1 aromatic heterocycles. The minimum Gasteiger partial charge on any atom is -0.462 e. The largest absolute Gasteiger partial charge is 0.462 e. The summed E-state index contributed by atoms with van der Waals surface area (Å²) < 4.78 is 7.45. The lowest BCUT2D eigenvalue weighted by Crippen LogP contribution is -2.12. The van der Waals surface area contributed by atoms with Crippen molar-refractivity contribution in [3.8, 4) is 11.3 Å². The molecule has 0 saturated carbocycles. The molecule has 1 aliphatic rings. The molecule has 6 heteroatoms. The molecule has 4 rings (SSSR count). The number of aromatic nitrogens is 2. The van der Waals surface area contributed by atoms with Crippen LogP contribution in [0.4, 0.5) is 0 Å². The van der Waals surface area contributed by atoms with E-state index in [0.29, 0.717) is 18.0 Å². The molecule has 0 spiro atoms. The number of hydrogen-bond acceptors (Lipinski definition) is 4. The second-order valence-corrected chi connectivity index (χ2v) is 8.20. The molecule has 0 aliphatic carbocycles. The van der Waals surface area contributed by atoms with Crippen LogP contribution >= 0.6 is 23.4 Å². The van der Waals surface area contributed by atoms with Gasteiger partial charge in [-0.15, -0.1) is 0 Å². The molecule has 0 N–H and O–H groups in total. The minimum atomic E-state index is -0.213. The number of rotatable bonds is 5. The standard InChI is InChI=1S/C21H19ClN2O2S/c1-14-11-19(20(25)26-14)27-21-23-12-18(16-7-9-17(22)10-8-16)24(21)13-15-5-3-2-4-6-15/h2-10,12,14,19H,11,13H2,1H3/t14-,19-/m1/s1. The highest BCUT2D eigenvalue weighted by Crippen LogP contribution is 2.34. The van der Waals surface area contributed by atoms with Gasteiger partial charge in [0.2, 0.25) is 0 Å². The third-order valence-corrected chi connectivity index (χ3v) is 5.97. The summed E-state index contributed by atoms with van der Waals surface area (Å²) in [7, 11) is 0. The molecular weight excluding hydrogens is 380 g/mol. The predicted molar refractivity (Wildman–Crippen MR) is 108 cm³/mol. The third kappa shape index (κ3) is 4.04. The van der Waals surface area contributed by atoms with Gasteiger partial charge in [0.15, 0.2) is 5.16 Å². The minimum absolute atomic E-state index is 0.0386. The normalized spacial score (nSPS) is 19.3. The summed E-state index contributed by atoms with van der Waals surface area (Å²) in [4.78, 5) is 16.7. The Kier molecular flexibility index (Phi) is 5.23. The van der Waals surface area contributed by atoms with Gasteiger partial charge in [-0.2, -0.15) is 0 Å². The first-order valence-corrected chi connectivity index (χ1v) is 10.1. The van der Waals surface area contributed by atoms with Crippen LogP contribution in [0, 0.1) is 0 Å². The van der Waals surface area contributed by atoms with Crippen molar-refractivity contribution in [2.24, 2.45) is 0 Å². The van der Waals surface area contributed by atoms with Crippen LogP contribution in [0.1, 0.15) is 18.9 Å². The summed E-state index contributed by atoms with van der Waals surface area (Å²) in [5.41, 5.74) is 3.21. The van der Waals surface area contributed by atoms with Gasteiger partial charge >= 0.3 is 5.97 Å². The molecule has 27 heavy (non-hydrogen) atoms. The monoisotopic (exact) mass is 398 g/mol. The number of carbonyl (C=O) groups is 1. The maximum Gasteiger partial charge on any atom is 0.319 e. The van der Waals surface area contributed by atoms with Crippen molar-refractivity contribution in [2.75, 3.05) is 0 Å². The first-order valence-electron chi connectivity index (χ1n) is 8.82. The second kappa shape index (κ2) is 7.79.